The SMILES string of the molecule is COc1ccc(-c2cc(NC(=O)CCC(=O)c3ccc(F)cc3)ccc2OC)cc1. The van der Waals surface area contributed by atoms with E-state index in [1.54, 1.807) is 26.4 Å². The van der Waals surface area contributed by atoms with Crippen molar-refractivity contribution < 1.29 is 23.5 Å². The highest BCUT2D eigenvalue weighted by Gasteiger charge is 2.12. The Morgan fingerprint density at radius 3 is 2.20 bits per heavy atom. The summed E-state index contributed by atoms with van der Waals surface area (Å²) in [6, 6.07) is 18.1. The van der Waals surface area contributed by atoms with Crippen LogP contribution in [0.15, 0.2) is 66.7 Å². The molecule has 5 nitrogen and oxygen atoms in total. The van der Waals surface area contributed by atoms with Gasteiger partial charge in [0, 0.05) is 29.7 Å². The second-order valence-corrected chi connectivity index (χ2v) is 6.62. The summed E-state index contributed by atoms with van der Waals surface area (Å²) in [4.78, 5) is 24.5. The number of hydrogen-bond donors (Lipinski definition) is 1. The summed E-state index contributed by atoms with van der Waals surface area (Å²) >= 11 is 0. The molecule has 0 aliphatic heterocycles. The standard InChI is InChI=1S/C24H22FNO4/c1-29-20-10-5-16(6-11-20)21-15-19(9-13-23(21)30-2)26-24(28)14-12-22(27)17-3-7-18(25)8-4-17/h3-11,13,15H,12,14H2,1-2H3,(H,26,28). The van der Waals surface area contributed by atoms with Gasteiger partial charge in [0.2, 0.25) is 5.91 Å². The van der Waals surface area contributed by atoms with E-state index in [1.807, 2.05) is 30.3 Å². The molecular formula is C24H22FNO4. The maximum Gasteiger partial charge on any atom is 0.224 e. The van der Waals surface area contributed by atoms with Crippen LogP contribution in [0.3, 0.4) is 0 Å². The summed E-state index contributed by atoms with van der Waals surface area (Å²) in [5.74, 6) is 0.518. The molecule has 1 amide bonds. The molecule has 1 N–H and O–H groups in total. The molecule has 0 unspecified atom stereocenters. The van der Waals surface area contributed by atoms with Crippen molar-refractivity contribution in [3.63, 3.8) is 0 Å². The van der Waals surface area contributed by atoms with E-state index < -0.39 is 5.82 Å². The van der Waals surface area contributed by atoms with E-state index in [0.29, 0.717) is 17.0 Å². The lowest BCUT2D eigenvalue weighted by Gasteiger charge is -2.12. The van der Waals surface area contributed by atoms with Crippen LogP contribution in [-0.4, -0.2) is 25.9 Å². The number of methoxy groups -OCH3 is 2. The maximum absolute atomic E-state index is 13.0. The summed E-state index contributed by atoms with van der Waals surface area (Å²) < 4.78 is 23.6. The van der Waals surface area contributed by atoms with Crippen LogP contribution in [0.4, 0.5) is 10.1 Å². The van der Waals surface area contributed by atoms with E-state index in [2.05, 4.69) is 5.32 Å². The summed E-state index contributed by atoms with van der Waals surface area (Å²) in [6.45, 7) is 0. The largest absolute Gasteiger partial charge is 0.497 e. The molecule has 154 valence electrons. The third-order valence-electron chi connectivity index (χ3n) is 4.63. The first-order valence-electron chi connectivity index (χ1n) is 9.41. The Labute approximate surface area is 174 Å². The molecule has 0 fully saturated rings. The normalized spacial score (nSPS) is 10.4. The maximum atomic E-state index is 13.0. The molecule has 0 aromatic heterocycles. The van der Waals surface area contributed by atoms with E-state index in [4.69, 9.17) is 9.47 Å². The molecule has 3 rings (SSSR count). The van der Waals surface area contributed by atoms with Crippen molar-refractivity contribution in [3.05, 3.63) is 78.1 Å². The smallest absolute Gasteiger partial charge is 0.224 e. The molecule has 0 spiro atoms. The third kappa shape index (κ3) is 5.23. The van der Waals surface area contributed by atoms with Crippen molar-refractivity contribution in [2.75, 3.05) is 19.5 Å². The van der Waals surface area contributed by atoms with Gasteiger partial charge < -0.3 is 14.8 Å². The van der Waals surface area contributed by atoms with Crippen molar-refractivity contribution in [3.8, 4) is 22.6 Å². The van der Waals surface area contributed by atoms with Gasteiger partial charge >= 0.3 is 0 Å². The number of Topliss-reactive ketones (excluding diaryl/α,β-unsaturated/α-hetero) is 1. The Bertz CT molecular complexity index is 1030. The minimum atomic E-state index is -0.406. The van der Waals surface area contributed by atoms with E-state index in [9.17, 15) is 14.0 Å². The van der Waals surface area contributed by atoms with Crippen molar-refractivity contribution in [2.45, 2.75) is 12.8 Å². The van der Waals surface area contributed by atoms with Gasteiger partial charge in [0.1, 0.15) is 17.3 Å². The summed E-state index contributed by atoms with van der Waals surface area (Å²) in [5, 5.41) is 2.81. The first kappa shape index (κ1) is 21.0. The molecule has 0 heterocycles. The van der Waals surface area contributed by atoms with Crippen LogP contribution in [0.2, 0.25) is 0 Å². The van der Waals surface area contributed by atoms with Crippen LogP contribution in [0, 0.1) is 5.82 Å². The van der Waals surface area contributed by atoms with Crippen LogP contribution in [0.25, 0.3) is 11.1 Å². The average molecular weight is 407 g/mol. The quantitative estimate of drug-likeness (QED) is 0.527. The Balaban J connectivity index is 1.67. The van der Waals surface area contributed by atoms with Gasteiger partial charge in [-0.1, -0.05) is 12.1 Å². The number of ether oxygens (including phenoxy) is 2. The van der Waals surface area contributed by atoms with Gasteiger partial charge in [-0.3, -0.25) is 9.59 Å². The zero-order chi connectivity index (χ0) is 21.5. The first-order chi connectivity index (χ1) is 14.5. The monoisotopic (exact) mass is 407 g/mol. The van der Waals surface area contributed by atoms with Gasteiger partial charge in [-0.05, 0) is 60.2 Å². The average Bonchev–Trinajstić information content (AvgIpc) is 2.78. The molecule has 3 aromatic carbocycles. The Morgan fingerprint density at radius 1 is 0.867 bits per heavy atom. The van der Waals surface area contributed by atoms with Gasteiger partial charge in [0.15, 0.2) is 5.78 Å². The first-order valence-corrected chi connectivity index (χ1v) is 9.41. The molecule has 6 heteroatoms. The number of anilines is 1. The zero-order valence-corrected chi connectivity index (χ0v) is 16.8. The fourth-order valence-corrected chi connectivity index (χ4v) is 3.01. The Kier molecular flexibility index (Phi) is 6.80. The molecular weight excluding hydrogens is 385 g/mol. The van der Waals surface area contributed by atoms with Crippen molar-refractivity contribution >= 4 is 17.4 Å². The van der Waals surface area contributed by atoms with E-state index in [0.717, 1.165) is 16.9 Å². The molecule has 0 saturated carbocycles. The zero-order valence-electron chi connectivity index (χ0n) is 16.8. The van der Waals surface area contributed by atoms with Crippen LogP contribution < -0.4 is 14.8 Å². The molecule has 0 aliphatic rings. The molecule has 0 atom stereocenters. The summed E-state index contributed by atoms with van der Waals surface area (Å²) in [7, 11) is 3.19. The molecule has 0 aliphatic carbocycles. The van der Waals surface area contributed by atoms with Crippen molar-refractivity contribution in [1.82, 2.24) is 0 Å². The number of hydrogen-bond acceptors (Lipinski definition) is 4. The van der Waals surface area contributed by atoms with Crippen LogP contribution in [-0.2, 0) is 4.79 Å². The second kappa shape index (κ2) is 9.69. The van der Waals surface area contributed by atoms with Crippen molar-refractivity contribution in [1.29, 1.82) is 0 Å². The van der Waals surface area contributed by atoms with Gasteiger partial charge in [0.05, 0.1) is 14.2 Å². The molecule has 30 heavy (non-hydrogen) atoms. The second-order valence-electron chi connectivity index (χ2n) is 6.62. The lowest BCUT2D eigenvalue weighted by Crippen LogP contribution is -2.13. The minimum Gasteiger partial charge on any atom is -0.497 e. The number of halogens is 1. The van der Waals surface area contributed by atoms with E-state index >= 15 is 0 Å². The highest BCUT2D eigenvalue weighted by atomic mass is 19.1. The summed E-state index contributed by atoms with van der Waals surface area (Å²) in [6.07, 6.45) is 0.0685. The molecule has 0 bridgehead atoms. The van der Waals surface area contributed by atoms with Crippen LogP contribution in [0.5, 0.6) is 11.5 Å². The predicted octanol–water partition coefficient (Wildman–Crippen LogP) is 5.11. The molecule has 0 saturated heterocycles. The van der Waals surface area contributed by atoms with Gasteiger partial charge in [-0.15, -0.1) is 0 Å². The van der Waals surface area contributed by atoms with Crippen LogP contribution in [0.1, 0.15) is 23.2 Å². The van der Waals surface area contributed by atoms with Gasteiger partial charge in [0.25, 0.3) is 0 Å². The number of rotatable bonds is 8. The predicted molar refractivity (Wildman–Crippen MR) is 114 cm³/mol. The lowest BCUT2D eigenvalue weighted by atomic mass is 10.0. The highest BCUT2D eigenvalue weighted by molar-refractivity contribution is 6.00. The molecule has 0 radical (unpaired) electrons. The number of nitrogens with one attached hydrogen (secondary N) is 1. The Hall–Kier alpha value is -3.67. The number of ketones is 1. The van der Waals surface area contributed by atoms with Gasteiger partial charge in [-0.2, -0.15) is 0 Å². The minimum absolute atomic E-state index is 0.0279. The fraction of sp³-hybridized carbons (Fsp3) is 0.167. The number of amides is 1. The topological polar surface area (TPSA) is 64.6 Å². The number of benzene rings is 3. The lowest BCUT2D eigenvalue weighted by molar-refractivity contribution is -0.116. The van der Waals surface area contributed by atoms with Crippen molar-refractivity contribution in [2.24, 2.45) is 0 Å². The fourth-order valence-electron chi connectivity index (χ4n) is 3.01. The van der Waals surface area contributed by atoms with Crippen LogP contribution >= 0.6 is 0 Å². The Morgan fingerprint density at radius 2 is 1.57 bits per heavy atom. The summed E-state index contributed by atoms with van der Waals surface area (Å²) in [5.41, 5.74) is 2.71. The van der Waals surface area contributed by atoms with Gasteiger partial charge in [-0.25, -0.2) is 4.39 Å². The third-order valence-corrected chi connectivity index (χ3v) is 4.63. The van der Waals surface area contributed by atoms with E-state index in [1.165, 1.54) is 24.3 Å². The number of carbonyl (C=O) groups excluding carboxylic acids is 2. The highest BCUT2D eigenvalue weighted by Crippen LogP contribution is 2.33. The molecule has 3 aromatic rings. The number of carbonyl (C=O) groups is 2. The van der Waals surface area contributed by atoms with E-state index in [-0.39, 0.29) is 24.5 Å².